The maximum Gasteiger partial charge on any atom is 0.238 e. The van der Waals surface area contributed by atoms with E-state index in [0.29, 0.717) is 18.2 Å². The molecule has 0 unspecified atom stereocenters. The molecule has 0 spiro atoms. The van der Waals surface area contributed by atoms with E-state index in [1.807, 2.05) is 13.1 Å². The van der Waals surface area contributed by atoms with Crippen molar-refractivity contribution in [2.24, 2.45) is 5.14 Å². The highest BCUT2D eigenvalue weighted by atomic mass is 32.2. The van der Waals surface area contributed by atoms with Gasteiger partial charge in [0.25, 0.3) is 0 Å². The number of amides is 1. The Hall–Kier alpha value is -1.84. The molecule has 2 aliphatic rings. The molecule has 1 amide bonds. The number of carbonyl (C=O) groups is 1. The van der Waals surface area contributed by atoms with Gasteiger partial charge in [0.1, 0.15) is 0 Å². The predicted octanol–water partition coefficient (Wildman–Crippen LogP) is 1.94. The zero-order valence-corrected chi connectivity index (χ0v) is 16.0. The van der Waals surface area contributed by atoms with Gasteiger partial charge >= 0.3 is 0 Å². The molecular weight excluding hydrogens is 372 g/mol. The maximum absolute atomic E-state index is 12.8. The molecule has 0 saturated heterocycles. The van der Waals surface area contributed by atoms with Crippen molar-refractivity contribution in [2.75, 3.05) is 10.7 Å². The number of primary sulfonamides is 1. The van der Waals surface area contributed by atoms with Crippen molar-refractivity contribution < 1.29 is 13.2 Å². The summed E-state index contributed by atoms with van der Waals surface area (Å²) in [6.07, 6.45) is 6.69. The molecule has 9 heteroatoms. The van der Waals surface area contributed by atoms with Crippen molar-refractivity contribution in [1.82, 2.24) is 9.55 Å². The zero-order chi connectivity index (χ0) is 18.5. The maximum atomic E-state index is 12.8. The van der Waals surface area contributed by atoms with Crippen LogP contribution in [0.2, 0.25) is 0 Å². The molecule has 2 heterocycles. The van der Waals surface area contributed by atoms with E-state index in [4.69, 9.17) is 5.14 Å². The van der Waals surface area contributed by atoms with Gasteiger partial charge in [0, 0.05) is 30.2 Å². The van der Waals surface area contributed by atoms with Crippen LogP contribution in [0, 0.1) is 0 Å². The van der Waals surface area contributed by atoms with E-state index < -0.39 is 10.0 Å². The van der Waals surface area contributed by atoms with Crippen LogP contribution in [0.25, 0.3) is 0 Å². The van der Waals surface area contributed by atoms with E-state index in [0.717, 1.165) is 16.4 Å². The fourth-order valence-electron chi connectivity index (χ4n) is 3.40. The van der Waals surface area contributed by atoms with Crippen molar-refractivity contribution in [1.29, 1.82) is 0 Å². The minimum Gasteiger partial charge on any atom is -0.323 e. The Kier molecular flexibility index (Phi) is 4.32. The highest BCUT2D eigenvalue weighted by molar-refractivity contribution is 7.99. The Balaban J connectivity index is 1.51. The van der Waals surface area contributed by atoms with E-state index in [1.54, 1.807) is 23.2 Å². The van der Waals surface area contributed by atoms with E-state index in [1.165, 1.54) is 30.7 Å². The molecule has 2 aromatic rings. The lowest BCUT2D eigenvalue weighted by Gasteiger charge is -2.22. The third-order valence-corrected chi connectivity index (χ3v) is 6.64. The summed E-state index contributed by atoms with van der Waals surface area (Å²) in [6.45, 7) is 1.96. The van der Waals surface area contributed by atoms with Gasteiger partial charge in [-0.15, -0.1) is 0 Å². The number of hydrogen-bond donors (Lipinski definition) is 1. The quantitative estimate of drug-likeness (QED) is 0.784. The number of imidazole rings is 1. The number of carbonyl (C=O) groups excluding carboxylic acids is 1. The van der Waals surface area contributed by atoms with Crippen LogP contribution in [-0.4, -0.2) is 35.7 Å². The van der Waals surface area contributed by atoms with Crippen molar-refractivity contribution in [3.8, 4) is 0 Å². The molecule has 1 atom stereocenters. The second-order valence-electron chi connectivity index (χ2n) is 6.79. The van der Waals surface area contributed by atoms with Crippen LogP contribution < -0.4 is 10.0 Å². The fraction of sp³-hybridized carbons (Fsp3) is 0.412. The monoisotopic (exact) mass is 392 g/mol. The summed E-state index contributed by atoms with van der Waals surface area (Å²) < 4.78 is 25.2. The van der Waals surface area contributed by atoms with Gasteiger partial charge in [-0.25, -0.2) is 18.5 Å². The fourth-order valence-corrected chi connectivity index (χ4v) is 4.85. The molecular formula is C17H20N4O3S2. The highest BCUT2D eigenvalue weighted by Gasteiger charge is 2.32. The van der Waals surface area contributed by atoms with Gasteiger partial charge in [-0.2, -0.15) is 0 Å². The molecule has 138 valence electrons. The topological polar surface area (TPSA) is 98.3 Å². The first kappa shape index (κ1) is 17.6. The normalized spacial score (nSPS) is 19.6. The number of rotatable bonds is 5. The summed E-state index contributed by atoms with van der Waals surface area (Å²) in [5, 5.41) is 6.08. The molecule has 1 aliphatic carbocycles. The molecule has 1 aromatic carbocycles. The summed E-state index contributed by atoms with van der Waals surface area (Å²) >= 11 is 1.45. The molecule has 0 radical (unpaired) electrons. The first-order valence-corrected chi connectivity index (χ1v) is 11.0. The predicted molar refractivity (Wildman–Crippen MR) is 99.7 cm³/mol. The van der Waals surface area contributed by atoms with Gasteiger partial charge in [-0.3, -0.25) is 4.79 Å². The molecule has 1 saturated carbocycles. The average molecular weight is 393 g/mol. The Labute approximate surface area is 156 Å². The van der Waals surface area contributed by atoms with E-state index in [9.17, 15) is 13.2 Å². The second kappa shape index (κ2) is 6.40. The number of sulfonamides is 1. The van der Waals surface area contributed by atoms with Crippen LogP contribution in [0.3, 0.4) is 0 Å². The number of nitrogens with two attached hydrogens (primary N) is 1. The van der Waals surface area contributed by atoms with Crippen LogP contribution in [0.5, 0.6) is 0 Å². The van der Waals surface area contributed by atoms with Gasteiger partial charge in [-0.05, 0) is 49.9 Å². The molecule has 7 nitrogen and oxygen atoms in total. The van der Waals surface area contributed by atoms with Gasteiger partial charge in [0.15, 0.2) is 5.16 Å². The number of benzene rings is 1. The number of hydrogen-bond acceptors (Lipinski definition) is 5. The highest BCUT2D eigenvalue weighted by Crippen LogP contribution is 2.38. The van der Waals surface area contributed by atoms with Crippen LogP contribution in [0.1, 0.15) is 31.4 Å². The molecule has 1 aromatic heterocycles. The Morgan fingerprint density at radius 3 is 2.85 bits per heavy atom. The third kappa shape index (κ3) is 3.26. The Bertz CT molecular complexity index is 966. The summed E-state index contributed by atoms with van der Waals surface area (Å²) in [4.78, 5) is 19.0. The largest absolute Gasteiger partial charge is 0.323 e. The molecule has 0 bridgehead atoms. The summed E-state index contributed by atoms with van der Waals surface area (Å²) in [7, 11) is -3.75. The number of nitrogens with zero attached hydrogens (tertiary/aromatic N) is 3. The lowest BCUT2D eigenvalue weighted by Crippen LogP contribution is -2.37. The Morgan fingerprint density at radius 1 is 1.38 bits per heavy atom. The van der Waals surface area contributed by atoms with Crippen LogP contribution in [-0.2, 0) is 21.2 Å². The first-order valence-electron chi connectivity index (χ1n) is 8.48. The smallest absolute Gasteiger partial charge is 0.238 e. The molecule has 1 fully saturated rings. The van der Waals surface area contributed by atoms with Crippen molar-refractivity contribution in [3.05, 3.63) is 36.2 Å². The van der Waals surface area contributed by atoms with E-state index in [-0.39, 0.29) is 16.8 Å². The van der Waals surface area contributed by atoms with Gasteiger partial charge < -0.3 is 9.47 Å². The minimum atomic E-state index is -3.75. The lowest BCUT2D eigenvalue weighted by molar-refractivity contribution is -0.116. The summed E-state index contributed by atoms with van der Waals surface area (Å²) in [6, 6.07) is 5.21. The average Bonchev–Trinajstić information content (AvgIpc) is 3.21. The van der Waals surface area contributed by atoms with E-state index >= 15 is 0 Å². The standard InChI is InChI=1S/C17H20N4O3S2/c1-11-8-12-9-14(26(18,23)24)4-5-15(12)21(11)16(22)10-25-17-19-6-7-20(17)13-2-3-13/h4-7,9,11,13H,2-3,8,10H2,1H3,(H2,18,23,24)/t11-/m1/s1. The molecule has 1 aliphatic heterocycles. The third-order valence-electron chi connectivity index (χ3n) is 4.76. The summed E-state index contributed by atoms with van der Waals surface area (Å²) in [5.74, 6) is 0.291. The number of aromatic nitrogens is 2. The zero-order valence-electron chi connectivity index (χ0n) is 14.3. The van der Waals surface area contributed by atoms with Crippen molar-refractivity contribution >= 4 is 33.4 Å². The molecule has 4 rings (SSSR count). The van der Waals surface area contributed by atoms with Crippen LogP contribution in [0.4, 0.5) is 5.69 Å². The molecule has 26 heavy (non-hydrogen) atoms. The van der Waals surface area contributed by atoms with Gasteiger partial charge in [0.05, 0.1) is 10.6 Å². The lowest BCUT2D eigenvalue weighted by atomic mass is 10.1. The SMILES string of the molecule is C[C@@H]1Cc2cc(S(N)(=O)=O)ccc2N1C(=O)CSc1nccn1C1CC1. The Morgan fingerprint density at radius 2 is 2.15 bits per heavy atom. The second-order valence-corrected chi connectivity index (χ2v) is 9.29. The minimum absolute atomic E-state index is 0.00467. The number of anilines is 1. The van der Waals surface area contributed by atoms with Crippen LogP contribution in [0.15, 0.2) is 40.6 Å². The molecule has 2 N–H and O–H groups in total. The van der Waals surface area contributed by atoms with Gasteiger partial charge in [0.2, 0.25) is 15.9 Å². The first-order chi connectivity index (χ1) is 12.3. The van der Waals surface area contributed by atoms with E-state index in [2.05, 4.69) is 9.55 Å². The number of fused-ring (bicyclic) bond motifs is 1. The number of thioether (sulfide) groups is 1. The van der Waals surface area contributed by atoms with Crippen LogP contribution >= 0.6 is 11.8 Å². The van der Waals surface area contributed by atoms with Gasteiger partial charge in [-0.1, -0.05) is 11.8 Å². The summed E-state index contributed by atoms with van der Waals surface area (Å²) in [5.41, 5.74) is 1.60. The van der Waals surface area contributed by atoms with Crippen molar-refractivity contribution in [2.45, 2.75) is 48.3 Å². The van der Waals surface area contributed by atoms with Crippen molar-refractivity contribution in [3.63, 3.8) is 0 Å².